The molecule has 0 saturated heterocycles. The molecule has 20 heavy (non-hydrogen) atoms. The van der Waals surface area contributed by atoms with Crippen molar-refractivity contribution < 1.29 is 8.78 Å². The number of aromatic nitrogens is 2. The predicted molar refractivity (Wildman–Crippen MR) is 70.1 cm³/mol. The van der Waals surface area contributed by atoms with Crippen molar-refractivity contribution in [1.82, 2.24) is 9.55 Å². The molecule has 0 unspecified atom stereocenters. The lowest BCUT2D eigenvalue weighted by Gasteiger charge is -2.06. The summed E-state index contributed by atoms with van der Waals surface area (Å²) in [7, 11) is 0. The molecule has 0 atom stereocenters. The van der Waals surface area contributed by atoms with E-state index in [2.05, 4.69) is 4.98 Å². The Kier molecular flexibility index (Phi) is 2.71. The van der Waals surface area contributed by atoms with Gasteiger partial charge in [-0.2, -0.15) is 0 Å². The number of nitrogens with zero attached hydrogens (tertiary/aromatic N) is 1. The highest BCUT2D eigenvalue weighted by Crippen LogP contribution is 2.10. The fourth-order valence-corrected chi connectivity index (χ4v) is 2.04. The highest BCUT2D eigenvalue weighted by atomic mass is 19.1. The molecular formula is C14H8F2N2O2. The second kappa shape index (κ2) is 4.41. The molecule has 1 heterocycles. The maximum Gasteiger partial charge on any atom is 0.333 e. The van der Waals surface area contributed by atoms with Crippen LogP contribution in [0.2, 0.25) is 0 Å². The second-order valence-electron chi connectivity index (χ2n) is 4.24. The van der Waals surface area contributed by atoms with Crippen molar-refractivity contribution in [3.8, 4) is 5.69 Å². The molecule has 0 saturated carbocycles. The fourth-order valence-electron chi connectivity index (χ4n) is 2.04. The summed E-state index contributed by atoms with van der Waals surface area (Å²) < 4.78 is 27.1. The largest absolute Gasteiger partial charge is 0.333 e. The van der Waals surface area contributed by atoms with E-state index in [9.17, 15) is 18.4 Å². The Morgan fingerprint density at radius 2 is 1.70 bits per heavy atom. The lowest BCUT2D eigenvalue weighted by atomic mass is 10.2. The molecule has 100 valence electrons. The molecule has 0 spiro atoms. The highest BCUT2D eigenvalue weighted by Gasteiger charge is 2.10. The molecule has 1 aromatic heterocycles. The molecule has 3 rings (SSSR count). The molecule has 2 aromatic carbocycles. The summed E-state index contributed by atoms with van der Waals surface area (Å²) in [4.78, 5) is 26.6. The van der Waals surface area contributed by atoms with Gasteiger partial charge in [0.25, 0.3) is 5.56 Å². The minimum Gasteiger partial charge on any atom is -0.306 e. The summed E-state index contributed by atoms with van der Waals surface area (Å²) >= 11 is 0. The Bertz CT molecular complexity index is 928. The molecule has 0 radical (unpaired) electrons. The van der Waals surface area contributed by atoms with Gasteiger partial charge in [-0.15, -0.1) is 0 Å². The smallest absolute Gasteiger partial charge is 0.306 e. The van der Waals surface area contributed by atoms with Gasteiger partial charge in [-0.05, 0) is 36.4 Å². The summed E-state index contributed by atoms with van der Waals surface area (Å²) in [5, 5.41) is 0.148. The van der Waals surface area contributed by atoms with Gasteiger partial charge in [-0.25, -0.2) is 18.1 Å². The number of fused-ring (bicyclic) bond motifs is 1. The van der Waals surface area contributed by atoms with Gasteiger partial charge in [0, 0.05) is 0 Å². The lowest BCUT2D eigenvalue weighted by Crippen LogP contribution is -2.33. The van der Waals surface area contributed by atoms with E-state index in [0.29, 0.717) is 0 Å². The van der Waals surface area contributed by atoms with Gasteiger partial charge in [0.1, 0.15) is 11.6 Å². The van der Waals surface area contributed by atoms with E-state index in [0.717, 1.165) is 22.8 Å². The van der Waals surface area contributed by atoms with Gasteiger partial charge in [-0.3, -0.25) is 4.79 Å². The molecule has 0 bridgehead atoms. The van der Waals surface area contributed by atoms with Crippen molar-refractivity contribution in [2.45, 2.75) is 0 Å². The van der Waals surface area contributed by atoms with Crippen molar-refractivity contribution in [1.29, 1.82) is 0 Å². The van der Waals surface area contributed by atoms with E-state index in [-0.39, 0.29) is 16.6 Å². The first-order chi connectivity index (χ1) is 9.56. The number of aromatic amines is 1. The lowest BCUT2D eigenvalue weighted by molar-refractivity contribution is 0.626. The normalized spacial score (nSPS) is 10.9. The van der Waals surface area contributed by atoms with Gasteiger partial charge in [0.2, 0.25) is 0 Å². The zero-order valence-corrected chi connectivity index (χ0v) is 10.1. The van der Waals surface area contributed by atoms with E-state index in [1.54, 1.807) is 0 Å². The van der Waals surface area contributed by atoms with Crippen LogP contribution >= 0.6 is 0 Å². The molecule has 1 N–H and O–H groups in total. The third-order valence-electron chi connectivity index (χ3n) is 2.93. The third-order valence-corrected chi connectivity index (χ3v) is 2.93. The van der Waals surface area contributed by atoms with Crippen LogP contribution in [0.25, 0.3) is 16.6 Å². The van der Waals surface area contributed by atoms with Crippen molar-refractivity contribution in [3.05, 3.63) is 74.9 Å². The SMILES string of the molecule is O=c1[nH]c2cc(F)ccc2c(=O)n1-c1cccc(F)c1. The van der Waals surface area contributed by atoms with Crippen molar-refractivity contribution in [2.24, 2.45) is 0 Å². The first kappa shape index (κ1) is 12.3. The summed E-state index contributed by atoms with van der Waals surface area (Å²) in [6.07, 6.45) is 0. The monoisotopic (exact) mass is 274 g/mol. The van der Waals surface area contributed by atoms with Crippen LogP contribution in [0.4, 0.5) is 8.78 Å². The van der Waals surface area contributed by atoms with Crippen LogP contribution in [0.3, 0.4) is 0 Å². The van der Waals surface area contributed by atoms with Crippen molar-refractivity contribution in [2.75, 3.05) is 0 Å². The Morgan fingerprint density at radius 3 is 2.45 bits per heavy atom. The van der Waals surface area contributed by atoms with Gasteiger partial charge in [0.05, 0.1) is 16.6 Å². The van der Waals surface area contributed by atoms with Crippen LogP contribution < -0.4 is 11.2 Å². The van der Waals surface area contributed by atoms with Crippen LogP contribution in [-0.2, 0) is 0 Å². The Labute approximate surface area is 110 Å². The number of hydrogen-bond acceptors (Lipinski definition) is 2. The van der Waals surface area contributed by atoms with Crippen molar-refractivity contribution >= 4 is 10.9 Å². The number of rotatable bonds is 1. The van der Waals surface area contributed by atoms with E-state index >= 15 is 0 Å². The number of nitrogens with one attached hydrogen (secondary N) is 1. The average molecular weight is 274 g/mol. The number of halogens is 2. The molecular weight excluding hydrogens is 266 g/mol. The van der Waals surface area contributed by atoms with Crippen LogP contribution in [0, 0.1) is 11.6 Å². The summed E-state index contributed by atoms with van der Waals surface area (Å²) in [6.45, 7) is 0. The summed E-state index contributed by atoms with van der Waals surface area (Å²) in [6, 6.07) is 8.58. The standard InChI is InChI=1S/C14H8F2N2O2/c15-8-2-1-3-10(6-8)18-13(19)11-5-4-9(16)7-12(11)17-14(18)20/h1-7H,(H,17,20). The first-order valence-corrected chi connectivity index (χ1v) is 5.77. The maximum atomic E-state index is 13.2. The first-order valence-electron chi connectivity index (χ1n) is 5.77. The minimum absolute atomic E-state index is 0.104. The van der Waals surface area contributed by atoms with Gasteiger partial charge < -0.3 is 4.98 Å². The third kappa shape index (κ3) is 1.91. The Balaban J connectivity index is 2.41. The predicted octanol–water partition coefficient (Wildman–Crippen LogP) is 1.96. The number of H-pyrrole nitrogens is 1. The summed E-state index contributed by atoms with van der Waals surface area (Å²) in [5.74, 6) is -1.12. The minimum atomic E-state index is -0.751. The molecule has 0 aliphatic rings. The fraction of sp³-hybridized carbons (Fsp3) is 0. The van der Waals surface area contributed by atoms with Gasteiger partial charge in [0.15, 0.2) is 0 Å². The Hall–Kier alpha value is -2.76. The molecule has 3 aromatic rings. The van der Waals surface area contributed by atoms with E-state index in [1.807, 2.05) is 0 Å². The van der Waals surface area contributed by atoms with Crippen LogP contribution in [0.5, 0.6) is 0 Å². The van der Waals surface area contributed by atoms with E-state index in [4.69, 9.17) is 0 Å². The Morgan fingerprint density at radius 1 is 0.950 bits per heavy atom. The van der Waals surface area contributed by atoms with E-state index in [1.165, 1.54) is 24.3 Å². The van der Waals surface area contributed by atoms with Crippen LogP contribution in [0.15, 0.2) is 52.1 Å². The number of hydrogen-bond donors (Lipinski definition) is 1. The van der Waals surface area contributed by atoms with Crippen molar-refractivity contribution in [3.63, 3.8) is 0 Å². The topological polar surface area (TPSA) is 54.9 Å². The van der Waals surface area contributed by atoms with E-state index < -0.39 is 22.9 Å². The number of benzene rings is 2. The quantitative estimate of drug-likeness (QED) is 0.737. The van der Waals surface area contributed by atoms with Crippen LogP contribution in [0.1, 0.15) is 0 Å². The zero-order valence-electron chi connectivity index (χ0n) is 10.1. The van der Waals surface area contributed by atoms with Crippen LogP contribution in [-0.4, -0.2) is 9.55 Å². The van der Waals surface area contributed by atoms with Gasteiger partial charge in [-0.1, -0.05) is 6.07 Å². The highest BCUT2D eigenvalue weighted by molar-refractivity contribution is 5.77. The molecule has 6 heteroatoms. The second-order valence-corrected chi connectivity index (χ2v) is 4.24. The molecule has 0 aliphatic carbocycles. The average Bonchev–Trinajstić information content (AvgIpc) is 2.38. The molecule has 0 fully saturated rings. The molecule has 0 amide bonds. The maximum absolute atomic E-state index is 13.2. The van der Waals surface area contributed by atoms with Gasteiger partial charge >= 0.3 is 5.69 Å². The zero-order chi connectivity index (χ0) is 14.3. The molecule has 0 aliphatic heterocycles. The summed E-state index contributed by atoms with van der Waals surface area (Å²) in [5.41, 5.74) is -1.16. The molecule has 4 nitrogen and oxygen atoms in total.